The van der Waals surface area contributed by atoms with Gasteiger partial charge in [-0.1, -0.05) is 5.57 Å². The van der Waals surface area contributed by atoms with Gasteiger partial charge in [0.2, 0.25) is 0 Å². The first-order valence-electron chi connectivity index (χ1n) is 9.72. The summed E-state index contributed by atoms with van der Waals surface area (Å²) in [4.78, 5) is 28.8. The predicted molar refractivity (Wildman–Crippen MR) is 105 cm³/mol. The Balaban J connectivity index is 1.68. The molecule has 28 heavy (non-hydrogen) atoms. The van der Waals surface area contributed by atoms with Gasteiger partial charge in [-0.25, -0.2) is 4.79 Å². The Morgan fingerprint density at radius 3 is 2.82 bits per heavy atom. The van der Waals surface area contributed by atoms with Crippen LogP contribution < -0.4 is 5.56 Å². The standard InChI is InChI=1S/C22H22N2O4/c1-10-6-16-19-13(11(10)2)4-3-5-14(19)15-9-24-17(20(15)23-16)7-12(8-18(24)25)21(26)22(27)28/h6-8,14,19,21,26H,3-5,9H2,1-2H3,(H,27,28). The highest BCUT2D eigenvalue weighted by Crippen LogP contribution is 2.51. The van der Waals surface area contributed by atoms with Crippen molar-refractivity contribution in [1.29, 1.82) is 0 Å². The van der Waals surface area contributed by atoms with Gasteiger partial charge in [-0.05, 0) is 73.5 Å². The summed E-state index contributed by atoms with van der Waals surface area (Å²) in [6.07, 6.45) is 3.74. The fourth-order valence-corrected chi connectivity index (χ4v) is 5.27. The van der Waals surface area contributed by atoms with E-state index in [0.717, 1.165) is 30.7 Å². The van der Waals surface area contributed by atoms with E-state index < -0.39 is 12.1 Å². The number of pyridine rings is 1. The smallest absolute Gasteiger partial charge is 0.337 e. The van der Waals surface area contributed by atoms with Crippen molar-refractivity contribution in [1.82, 2.24) is 4.57 Å². The number of carboxylic acids is 1. The number of fused-ring (bicyclic) bond motifs is 3. The minimum atomic E-state index is -1.71. The lowest BCUT2D eigenvalue weighted by Gasteiger charge is -2.41. The van der Waals surface area contributed by atoms with E-state index in [2.05, 4.69) is 19.9 Å². The van der Waals surface area contributed by atoms with Gasteiger partial charge in [-0.2, -0.15) is 0 Å². The molecule has 2 aliphatic heterocycles. The molecule has 6 heteroatoms. The monoisotopic (exact) mass is 378 g/mol. The summed E-state index contributed by atoms with van der Waals surface area (Å²) in [5.41, 5.74) is 7.53. The molecule has 1 saturated carbocycles. The van der Waals surface area contributed by atoms with Crippen molar-refractivity contribution in [3.63, 3.8) is 0 Å². The maximum absolute atomic E-state index is 12.7. The zero-order chi connectivity index (χ0) is 19.7. The molecule has 0 bridgehead atoms. The van der Waals surface area contributed by atoms with Crippen molar-refractivity contribution in [2.45, 2.75) is 45.8 Å². The van der Waals surface area contributed by atoms with Crippen molar-refractivity contribution >= 4 is 17.4 Å². The molecule has 3 heterocycles. The average molecular weight is 378 g/mol. The minimum absolute atomic E-state index is 0.107. The number of carboxylic acid groups (broad SMARTS) is 1. The Labute approximate surface area is 162 Å². The van der Waals surface area contributed by atoms with E-state index in [1.165, 1.54) is 28.4 Å². The van der Waals surface area contributed by atoms with Crippen LogP contribution in [0.5, 0.6) is 0 Å². The number of carbonyl (C=O) groups is 1. The van der Waals surface area contributed by atoms with E-state index in [1.807, 2.05) is 0 Å². The lowest BCUT2D eigenvalue weighted by atomic mass is 9.65. The van der Waals surface area contributed by atoms with E-state index >= 15 is 0 Å². The molecule has 2 N–H and O–H groups in total. The molecule has 6 nitrogen and oxygen atoms in total. The van der Waals surface area contributed by atoms with Gasteiger partial charge in [-0.15, -0.1) is 0 Å². The molecule has 3 unspecified atom stereocenters. The molecule has 1 aromatic heterocycles. The second-order valence-corrected chi connectivity index (χ2v) is 8.20. The van der Waals surface area contributed by atoms with Crippen LogP contribution in [-0.2, 0) is 11.3 Å². The number of hydrogen-bond acceptors (Lipinski definition) is 4. The molecule has 0 amide bonds. The Kier molecular flexibility index (Phi) is 3.65. The molecule has 0 radical (unpaired) electrons. The zero-order valence-electron chi connectivity index (χ0n) is 15.9. The highest BCUT2D eigenvalue weighted by atomic mass is 16.4. The van der Waals surface area contributed by atoms with Gasteiger partial charge >= 0.3 is 5.97 Å². The van der Waals surface area contributed by atoms with Crippen molar-refractivity contribution in [2.24, 2.45) is 16.8 Å². The molecule has 2 aliphatic carbocycles. The second kappa shape index (κ2) is 5.88. The summed E-state index contributed by atoms with van der Waals surface area (Å²) in [6, 6.07) is 2.83. The fourth-order valence-electron chi connectivity index (χ4n) is 5.27. The molecule has 144 valence electrons. The molecular formula is C22H22N2O4. The third kappa shape index (κ3) is 2.27. The van der Waals surface area contributed by atoms with Crippen LogP contribution in [0.1, 0.15) is 50.5 Å². The van der Waals surface area contributed by atoms with Crippen LogP contribution in [0.15, 0.2) is 50.3 Å². The Morgan fingerprint density at radius 2 is 2.07 bits per heavy atom. The number of rotatable bonds is 2. The third-order valence-electron chi connectivity index (χ3n) is 6.76. The average Bonchev–Trinajstić information content (AvgIpc) is 3.04. The second-order valence-electron chi connectivity index (χ2n) is 8.20. The van der Waals surface area contributed by atoms with E-state index in [0.29, 0.717) is 24.1 Å². The minimum Gasteiger partial charge on any atom is -0.479 e. The molecule has 0 saturated heterocycles. The number of aromatic nitrogens is 1. The maximum Gasteiger partial charge on any atom is 0.337 e. The van der Waals surface area contributed by atoms with Gasteiger partial charge in [0.15, 0.2) is 6.10 Å². The van der Waals surface area contributed by atoms with Crippen LogP contribution in [0.2, 0.25) is 0 Å². The van der Waals surface area contributed by atoms with Crippen LogP contribution >= 0.6 is 0 Å². The van der Waals surface area contributed by atoms with E-state index in [9.17, 15) is 14.7 Å². The molecule has 1 fully saturated rings. The molecule has 4 aliphatic rings. The van der Waals surface area contributed by atoms with Crippen molar-refractivity contribution in [2.75, 3.05) is 0 Å². The molecule has 1 aromatic rings. The van der Waals surface area contributed by atoms with Gasteiger partial charge in [0.05, 0.1) is 17.9 Å². The summed E-state index contributed by atoms with van der Waals surface area (Å²) in [6.45, 7) is 4.81. The molecule has 0 aromatic carbocycles. The third-order valence-corrected chi connectivity index (χ3v) is 6.76. The normalized spacial score (nSPS) is 26.2. The topological polar surface area (TPSA) is 91.9 Å². The Morgan fingerprint density at radius 1 is 1.29 bits per heavy atom. The molecule has 3 atom stereocenters. The van der Waals surface area contributed by atoms with Gasteiger partial charge < -0.3 is 14.8 Å². The molecular weight excluding hydrogens is 356 g/mol. The fraction of sp³-hybridized carbons (Fsp3) is 0.409. The van der Waals surface area contributed by atoms with E-state index in [-0.39, 0.29) is 11.1 Å². The van der Waals surface area contributed by atoms with Crippen LogP contribution in [0.3, 0.4) is 0 Å². The number of aliphatic hydroxyl groups is 1. The number of nitrogens with zero attached hydrogens (tertiary/aromatic N) is 2. The quantitative estimate of drug-likeness (QED) is 0.828. The largest absolute Gasteiger partial charge is 0.479 e. The lowest BCUT2D eigenvalue weighted by molar-refractivity contribution is -0.146. The Hall–Kier alpha value is -2.73. The van der Waals surface area contributed by atoms with Gasteiger partial charge in [0.1, 0.15) is 0 Å². The maximum atomic E-state index is 12.7. The van der Waals surface area contributed by atoms with Crippen molar-refractivity contribution in [3.8, 4) is 0 Å². The number of aliphatic carboxylic acids is 1. The summed E-state index contributed by atoms with van der Waals surface area (Å²) in [5.74, 6) is -0.738. The number of aliphatic imine (C=N–C) groups is 1. The first kappa shape index (κ1) is 17.4. The van der Waals surface area contributed by atoms with E-state index in [4.69, 9.17) is 10.1 Å². The number of aliphatic hydroxyl groups excluding tert-OH is 1. The lowest BCUT2D eigenvalue weighted by Crippen LogP contribution is -2.35. The highest BCUT2D eigenvalue weighted by molar-refractivity contribution is 6.06. The van der Waals surface area contributed by atoms with Crippen LogP contribution in [-0.4, -0.2) is 26.5 Å². The first-order valence-corrected chi connectivity index (χ1v) is 9.72. The first-order chi connectivity index (χ1) is 13.4. The van der Waals surface area contributed by atoms with E-state index in [1.54, 1.807) is 10.6 Å². The summed E-state index contributed by atoms with van der Waals surface area (Å²) >= 11 is 0. The summed E-state index contributed by atoms with van der Waals surface area (Å²) < 4.78 is 1.66. The molecule has 5 rings (SSSR count). The van der Waals surface area contributed by atoms with Crippen LogP contribution in [0, 0.1) is 11.8 Å². The SMILES string of the molecule is CC1=CC2=NC3=C(Cn4c3cc(C(O)C(=O)O)cc4=O)C3CCCC(=C1C)C23. The Bertz CT molecular complexity index is 1120. The highest BCUT2D eigenvalue weighted by Gasteiger charge is 2.43. The van der Waals surface area contributed by atoms with Gasteiger partial charge in [-0.3, -0.25) is 9.79 Å². The zero-order valence-corrected chi connectivity index (χ0v) is 15.9. The summed E-state index contributed by atoms with van der Waals surface area (Å²) in [7, 11) is 0. The molecule has 0 spiro atoms. The van der Waals surface area contributed by atoms with Crippen LogP contribution in [0.25, 0.3) is 5.70 Å². The van der Waals surface area contributed by atoms with Crippen molar-refractivity contribution < 1.29 is 15.0 Å². The predicted octanol–water partition coefficient (Wildman–Crippen LogP) is 2.84. The van der Waals surface area contributed by atoms with Gasteiger partial charge in [0.25, 0.3) is 5.56 Å². The van der Waals surface area contributed by atoms with Crippen LogP contribution in [0.4, 0.5) is 0 Å². The van der Waals surface area contributed by atoms with Crippen molar-refractivity contribution in [3.05, 3.63) is 62.1 Å². The summed E-state index contributed by atoms with van der Waals surface area (Å²) in [5, 5.41) is 19.0. The number of hydrogen-bond donors (Lipinski definition) is 2. The number of allylic oxidation sites excluding steroid dienone is 5. The van der Waals surface area contributed by atoms with Gasteiger partial charge in [0, 0.05) is 17.7 Å².